The van der Waals surface area contributed by atoms with E-state index in [0.717, 1.165) is 28.9 Å². The molecule has 3 rings (SSSR count). The van der Waals surface area contributed by atoms with Gasteiger partial charge in [0, 0.05) is 12.7 Å². The first kappa shape index (κ1) is 19.5. The standard InChI is InChI=1S/C17H14F5N5O/c1-27-12(7-13(26-27)17(20,21)22)8-5-6-11(24-15(8)23)16(28)25-14-9(18)3-2-4-10(14)19/h2-4,6-8H,5H2,1H3,(H2,23,24)(H,25,28). The summed E-state index contributed by atoms with van der Waals surface area (Å²) in [4.78, 5) is 16.1. The van der Waals surface area contributed by atoms with Crippen LogP contribution in [0.2, 0.25) is 0 Å². The summed E-state index contributed by atoms with van der Waals surface area (Å²) >= 11 is 0. The number of allylic oxidation sites excluding steroid dienone is 1. The number of nitrogens with two attached hydrogens (primary N) is 1. The van der Waals surface area contributed by atoms with Gasteiger partial charge in [0.25, 0.3) is 5.91 Å². The monoisotopic (exact) mass is 399 g/mol. The molecule has 11 heteroatoms. The lowest BCUT2D eigenvalue weighted by Gasteiger charge is -2.20. The summed E-state index contributed by atoms with van der Waals surface area (Å²) in [5, 5.41) is 5.49. The van der Waals surface area contributed by atoms with Crippen molar-refractivity contribution in [2.24, 2.45) is 17.8 Å². The van der Waals surface area contributed by atoms with Crippen LogP contribution < -0.4 is 11.1 Å². The van der Waals surface area contributed by atoms with Gasteiger partial charge in [0.15, 0.2) is 5.69 Å². The maximum atomic E-state index is 13.6. The van der Waals surface area contributed by atoms with Crippen LogP contribution in [-0.4, -0.2) is 21.5 Å². The number of aryl methyl sites for hydroxylation is 1. The number of alkyl halides is 3. The molecule has 1 amide bonds. The normalized spacial score (nSPS) is 17.1. The van der Waals surface area contributed by atoms with Gasteiger partial charge in [0.05, 0.1) is 5.92 Å². The number of amidine groups is 1. The van der Waals surface area contributed by atoms with Gasteiger partial charge in [-0.2, -0.15) is 18.3 Å². The second-order valence-corrected chi connectivity index (χ2v) is 6.04. The van der Waals surface area contributed by atoms with E-state index in [0.29, 0.717) is 0 Å². The third-order valence-electron chi connectivity index (χ3n) is 4.15. The van der Waals surface area contributed by atoms with Gasteiger partial charge in [-0.3, -0.25) is 9.48 Å². The van der Waals surface area contributed by atoms with Gasteiger partial charge in [0.2, 0.25) is 0 Å². The van der Waals surface area contributed by atoms with Crippen molar-refractivity contribution in [2.45, 2.75) is 18.5 Å². The number of carbonyl (C=O) groups excluding carboxylic acids is 1. The average Bonchev–Trinajstić information content (AvgIpc) is 3.00. The summed E-state index contributed by atoms with van der Waals surface area (Å²) in [6, 6.07) is 3.95. The van der Waals surface area contributed by atoms with Gasteiger partial charge in [0.1, 0.15) is 28.9 Å². The van der Waals surface area contributed by atoms with E-state index in [9.17, 15) is 26.7 Å². The molecule has 6 nitrogen and oxygen atoms in total. The SMILES string of the molecule is Cn1nc(C(F)(F)F)cc1C1CC=C(C(=O)Nc2c(F)cccc2F)N=C1N. The van der Waals surface area contributed by atoms with Crippen LogP contribution in [0.15, 0.2) is 41.0 Å². The minimum atomic E-state index is -4.61. The highest BCUT2D eigenvalue weighted by atomic mass is 19.4. The Hall–Kier alpha value is -3.24. The van der Waals surface area contributed by atoms with E-state index in [4.69, 9.17) is 5.73 Å². The van der Waals surface area contributed by atoms with E-state index in [1.54, 1.807) is 0 Å². The number of amides is 1. The molecule has 1 aromatic carbocycles. The molecule has 0 aliphatic carbocycles. The van der Waals surface area contributed by atoms with Crippen molar-refractivity contribution in [3.8, 4) is 0 Å². The fourth-order valence-corrected chi connectivity index (χ4v) is 2.77. The van der Waals surface area contributed by atoms with Crippen LogP contribution in [0, 0.1) is 11.6 Å². The first-order valence-electron chi connectivity index (χ1n) is 7.98. The molecule has 1 aromatic heterocycles. The molecule has 0 spiro atoms. The lowest BCUT2D eigenvalue weighted by molar-refractivity contribution is -0.141. The molecule has 0 saturated carbocycles. The lowest BCUT2D eigenvalue weighted by atomic mass is 9.96. The number of nitrogens with zero attached hydrogens (tertiary/aromatic N) is 3. The van der Waals surface area contributed by atoms with Gasteiger partial charge in [-0.25, -0.2) is 13.8 Å². The predicted molar refractivity (Wildman–Crippen MR) is 90.3 cm³/mol. The fraction of sp³-hybridized carbons (Fsp3) is 0.235. The lowest BCUT2D eigenvalue weighted by Crippen LogP contribution is -2.28. The van der Waals surface area contributed by atoms with Crippen molar-refractivity contribution in [3.05, 3.63) is 59.1 Å². The number of nitrogens with one attached hydrogen (secondary N) is 1. The summed E-state index contributed by atoms with van der Waals surface area (Å²) in [6.07, 6.45) is -3.22. The van der Waals surface area contributed by atoms with Gasteiger partial charge in [-0.1, -0.05) is 12.1 Å². The Morgan fingerprint density at radius 2 is 1.93 bits per heavy atom. The smallest absolute Gasteiger partial charge is 0.387 e. The minimum Gasteiger partial charge on any atom is -0.387 e. The predicted octanol–water partition coefficient (Wildman–Crippen LogP) is 3.08. The average molecular weight is 399 g/mol. The Balaban J connectivity index is 1.80. The van der Waals surface area contributed by atoms with Gasteiger partial charge in [-0.15, -0.1) is 0 Å². The highest BCUT2D eigenvalue weighted by Crippen LogP contribution is 2.32. The van der Waals surface area contributed by atoms with E-state index >= 15 is 0 Å². The number of benzene rings is 1. The zero-order valence-electron chi connectivity index (χ0n) is 14.4. The molecule has 0 radical (unpaired) electrons. The topological polar surface area (TPSA) is 85.3 Å². The third kappa shape index (κ3) is 3.73. The second kappa shape index (κ2) is 7.06. The molecule has 0 bridgehead atoms. The van der Waals surface area contributed by atoms with Gasteiger partial charge < -0.3 is 11.1 Å². The molecule has 2 heterocycles. The van der Waals surface area contributed by atoms with Crippen molar-refractivity contribution in [2.75, 3.05) is 5.32 Å². The van der Waals surface area contributed by atoms with E-state index in [-0.39, 0.29) is 23.6 Å². The molecule has 1 atom stereocenters. The summed E-state index contributed by atoms with van der Waals surface area (Å²) < 4.78 is 66.8. The van der Waals surface area contributed by atoms with Crippen LogP contribution in [0.4, 0.5) is 27.6 Å². The van der Waals surface area contributed by atoms with Crippen molar-refractivity contribution in [3.63, 3.8) is 0 Å². The fourth-order valence-electron chi connectivity index (χ4n) is 2.77. The van der Waals surface area contributed by atoms with Gasteiger partial charge in [-0.05, 0) is 24.6 Å². The highest BCUT2D eigenvalue weighted by molar-refractivity contribution is 6.06. The molecule has 3 N–H and O–H groups in total. The molecule has 2 aromatic rings. The summed E-state index contributed by atoms with van der Waals surface area (Å²) in [6.45, 7) is 0. The highest BCUT2D eigenvalue weighted by Gasteiger charge is 2.36. The number of para-hydroxylation sites is 1. The molecule has 0 saturated heterocycles. The number of aromatic nitrogens is 2. The van der Waals surface area contributed by atoms with Gasteiger partial charge >= 0.3 is 6.18 Å². The van der Waals surface area contributed by atoms with Crippen LogP contribution in [-0.2, 0) is 18.0 Å². The maximum Gasteiger partial charge on any atom is 0.435 e. The Bertz CT molecular complexity index is 972. The Labute approximate surface area is 155 Å². The van der Waals surface area contributed by atoms with E-state index in [2.05, 4.69) is 15.4 Å². The van der Waals surface area contributed by atoms with Crippen molar-refractivity contribution < 1.29 is 26.7 Å². The Morgan fingerprint density at radius 1 is 1.29 bits per heavy atom. The van der Waals surface area contributed by atoms with E-state index < -0.39 is 41.0 Å². The summed E-state index contributed by atoms with van der Waals surface area (Å²) in [5.41, 5.74) is 4.11. The van der Waals surface area contributed by atoms with Crippen LogP contribution in [0.25, 0.3) is 0 Å². The summed E-state index contributed by atoms with van der Waals surface area (Å²) in [7, 11) is 1.34. The number of hydrogen-bond donors (Lipinski definition) is 2. The molecule has 1 unspecified atom stereocenters. The number of rotatable bonds is 3. The Kier molecular flexibility index (Phi) is 4.92. The third-order valence-corrected chi connectivity index (χ3v) is 4.15. The van der Waals surface area contributed by atoms with Crippen LogP contribution in [0.5, 0.6) is 0 Å². The zero-order valence-corrected chi connectivity index (χ0v) is 14.4. The van der Waals surface area contributed by atoms with Crippen molar-refractivity contribution in [1.29, 1.82) is 0 Å². The van der Waals surface area contributed by atoms with Crippen LogP contribution in [0.1, 0.15) is 23.7 Å². The van der Waals surface area contributed by atoms with Crippen molar-refractivity contribution in [1.82, 2.24) is 9.78 Å². The van der Waals surface area contributed by atoms with Crippen LogP contribution in [0.3, 0.4) is 0 Å². The molecular formula is C17H14F5N5O. The molecule has 148 valence electrons. The number of halogens is 5. The molecule has 1 aliphatic heterocycles. The Morgan fingerprint density at radius 3 is 2.46 bits per heavy atom. The molecule has 28 heavy (non-hydrogen) atoms. The number of anilines is 1. The minimum absolute atomic E-state index is 0.0642. The van der Waals surface area contributed by atoms with E-state index in [1.807, 2.05) is 0 Å². The second-order valence-electron chi connectivity index (χ2n) is 6.04. The maximum absolute atomic E-state index is 13.6. The summed E-state index contributed by atoms with van der Waals surface area (Å²) in [5.74, 6) is -3.66. The molecular weight excluding hydrogens is 385 g/mol. The molecule has 1 aliphatic rings. The van der Waals surface area contributed by atoms with E-state index in [1.165, 1.54) is 13.1 Å². The number of aliphatic imine (C=N–C) groups is 1. The number of carbonyl (C=O) groups is 1. The largest absolute Gasteiger partial charge is 0.435 e. The quantitative estimate of drug-likeness (QED) is 0.778. The molecule has 0 fully saturated rings. The van der Waals surface area contributed by atoms with Crippen LogP contribution >= 0.6 is 0 Å². The first-order valence-corrected chi connectivity index (χ1v) is 7.98. The number of hydrogen-bond acceptors (Lipinski definition) is 4. The first-order chi connectivity index (χ1) is 13.1. The zero-order chi connectivity index (χ0) is 20.6. The van der Waals surface area contributed by atoms with Crippen molar-refractivity contribution >= 4 is 17.4 Å².